The maximum absolute atomic E-state index is 5.99. The van der Waals surface area contributed by atoms with Crippen molar-refractivity contribution in [1.29, 1.82) is 0 Å². The van der Waals surface area contributed by atoms with E-state index < -0.39 is 0 Å². The summed E-state index contributed by atoms with van der Waals surface area (Å²) in [5.41, 5.74) is 7.03. The highest BCUT2D eigenvalue weighted by Crippen LogP contribution is 2.27. The summed E-state index contributed by atoms with van der Waals surface area (Å²) in [6, 6.07) is 2.88. The number of anilines is 2. The molecular formula is C18H30N6O. The van der Waals surface area contributed by atoms with Crippen LogP contribution < -0.4 is 10.6 Å². The first-order chi connectivity index (χ1) is 12.2. The molecule has 4 rings (SSSR count). The lowest BCUT2D eigenvalue weighted by Gasteiger charge is -2.42. The molecule has 138 valence electrons. The largest absolute Gasteiger partial charge is 0.381 e. The average molecular weight is 346 g/mol. The summed E-state index contributed by atoms with van der Waals surface area (Å²) in [5, 5.41) is 0. The summed E-state index contributed by atoms with van der Waals surface area (Å²) in [4.78, 5) is 16.4. The van der Waals surface area contributed by atoms with E-state index in [9.17, 15) is 0 Å². The minimum Gasteiger partial charge on any atom is -0.381 e. The minimum atomic E-state index is 0.365. The van der Waals surface area contributed by atoms with Crippen molar-refractivity contribution >= 4 is 11.8 Å². The molecule has 4 heterocycles. The van der Waals surface area contributed by atoms with Gasteiger partial charge in [-0.1, -0.05) is 0 Å². The first-order valence-electron chi connectivity index (χ1n) is 9.59. The van der Waals surface area contributed by atoms with Crippen molar-refractivity contribution in [2.24, 2.45) is 0 Å². The molecule has 3 aliphatic rings. The molecule has 2 N–H and O–H groups in total. The molecule has 0 amide bonds. The number of aromatic nitrogens is 2. The molecule has 3 fully saturated rings. The molecule has 7 heteroatoms. The minimum absolute atomic E-state index is 0.365. The van der Waals surface area contributed by atoms with E-state index in [2.05, 4.69) is 37.8 Å². The van der Waals surface area contributed by atoms with Gasteiger partial charge in [-0.25, -0.2) is 4.98 Å². The van der Waals surface area contributed by atoms with Gasteiger partial charge in [0.1, 0.15) is 5.82 Å². The lowest BCUT2D eigenvalue weighted by atomic mass is 10.0. The van der Waals surface area contributed by atoms with Crippen molar-refractivity contribution in [2.45, 2.75) is 31.2 Å². The molecule has 1 unspecified atom stereocenters. The third kappa shape index (κ3) is 3.88. The highest BCUT2D eigenvalue weighted by atomic mass is 16.5. The number of likely N-dealkylation sites (tertiary alicyclic amines) is 1. The molecule has 0 radical (unpaired) electrons. The fraction of sp³-hybridized carbons (Fsp3) is 0.778. The number of piperazine rings is 1. The van der Waals surface area contributed by atoms with Crippen molar-refractivity contribution in [1.82, 2.24) is 19.8 Å². The molecule has 7 nitrogen and oxygen atoms in total. The number of nitrogens with two attached hydrogens (primary N) is 1. The predicted molar refractivity (Wildman–Crippen MR) is 98.9 cm³/mol. The molecule has 1 aromatic rings. The number of nitrogen functional groups attached to an aromatic ring is 1. The Morgan fingerprint density at radius 1 is 1.04 bits per heavy atom. The molecule has 0 aliphatic carbocycles. The lowest BCUT2D eigenvalue weighted by Crippen LogP contribution is -2.53. The van der Waals surface area contributed by atoms with E-state index in [-0.39, 0.29) is 0 Å². The Morgan fingerprint density at radius 3 is 2.48 bits per heavy atom. The number of hydrogen-bond acceptors (Lipinski definition) is 7. The summed E-state index contributed by atoms with van der Waals surface area (Å²) in [7, 11) is 2.22. The van der Waals surface area contributed by atoms with Gasteiger partial charge in [0.05, 0.1) is 12.3 Å². The summed E-state index contributed by atoms with van der Waals surface area (Å²) in [6.45, 7) is 8.27. The Morgan fingerprint density at radius 2 is 1.80 bits per heavy atom. The Bertz CT molecular complexity index is 575. The highest BCUT2D eigenvalue weighted by molar-refractivity contribution is 5.45. The zero-order chi connectivity index (χ0) is 17.2. The second kappa shape index (κ2) is 7.43. The summed E-state index contributed by atoms with van der Waals surface area (Å²) in [6.07, 6.45) is 3.62. The first-order valence-corrected chi connectivity index (χ1v) is 9.59. The summed E-state index contributed by atoms with van der Waals surface area (Å²) >= 11 is 0. The molecule has 25 heavy (non-hydrogen) atoms. The van der Waals surface area contributed by atoms with Crippen molar-refractivity contribution in [3.63, 3.8) is 0 Å². The lowest BCUT2D eigenvalue weighted by molar-refractivity contribution is 0.115. The van der Waals surface area contributed by atoms with Gasteiger partial charge < -0.3 is 20.3 Å². The van der Waals surface area contributed by atoms with Gasteiger partial charge in [-0.15, -0.1) is 0 Å². The Labute approximate surface area is 150 Å². The van der Waals surface area contributed by atoms with Crippen molar-refractivity contribution in [3.8, 4) is 0 Å². The van der Waals surface area contributed by atoms with E-state index in [1.54, 1.807) is 0 Å². The van der Waals surface area contributed by atoms with Crippen LogP contribution in [0.3, 0.4) is 0 Å². The molecule has 1 atom stereocenters. The van der Waals surface area contributed by atoms with Crippen molar-refractivity contribution < 1.29 is 4.74 Å². The van der Waals surface area contributed by atoms with Crippen molar-refractivity contribution in [2.75, 3.05) is 70.2 Å². The first kappa shape index (κ1) is 17.0. The fourth-order valence-corrected chi connectivity index (χ4v) is 4.29. The monoisotopic (exact) mass is 346 g/mol. The smallest absolute Gasteiger partial charge is 0.222 e. The van der Waals surface area contributed by atoms with Gasteiger partial charge in [-0.05, 0) is 39.4 Å². The van der Waals surface area contributed by atoms with E-state index >= 15 is 0 Å². The maximum atomic E-state index is 5.99. The van der Waals surface area contributed by atoms with Crippen LogP contribution in [-0.2, 0) is 4.74 Å². The van der Waals surface area contributed by atoms with Crippen LogP contribution >= 0.6 is 0 Å². The summed E-state index contributed by atoms with van der Waals surface area (Å²) < 4.78 is 5.50. The van der Waals surface area contributed by atoms with Gasteiger partial charge in [-0.3, -0.25) is 4.90 Å². The van der Waals surface area contributed by atoms with Gasteiger partial charge in [0, 0.05) is 50.8 Å². The number of rotatable bonds is 3. The normalized spacial score (nSPS) is 27.1. The number of ether oxygens (including phenoxy) is 1. The Kier molecular flexibility index (Phi) is 5.05. The molecule has 0 aromatic carbocycles. The van der Waals surface area contributed by atoms with Crippen LogP contribution in [0.15, 0.2) is 6.07 Å². The molecular weight excluding hydrogens is 316 g/mol. The van der Waals surface area contributed by atoms with Crippen LogP contribution in [0.5, 0.6) is 0 Å². The third-order valence-electron chi connectivity index (χ3n) is 5.94. The van der Waals surface area contributed by atoms with Crippen LogP contribution in [0.25, 0.3) is 0 Å². The van der Waals surface area contributed by atoms with Crippen LogP contribution in [0.1, 0.15) is 30.9 Å². The van der Waals surface area contributed by atoms with Crippen molar-refractivity contribution in [3.05, 3.63) is 11.8 Å². The molecule has 0 bridgehead atoms. The standard InChI is InChI=1S/C18H30N6O/c1-22-5-2-15(3-6-22)23-7-9-24(10-8-23)17-12-16(20-18(19)21-17)14-4-11-25-13-14/h12,14-15H,2-11,13H2,1H3,(H2,19,20,21). The van der Waals surface area contributed by atoms with Crippen LogP contribution in [0, 0.1) is 0 Å². The predicted octanol–water partition coefficient (Wildman–Crippen LogP) is 0.779. The zero-order valence-corrected chi connectivity index (χ0v) is 15.2. The SMILES string of the molecule is CN1CCC(N2CCN(c3cc(C4CCOC4)nc(N)n3)CC2)CC1. The van der Waals surface area contributed by atoms with Gasteiger partial charge in [0.15, 0.2) is 0 Å². The maximum Gasteiger partial charge on any atom is 0.222 e. The van der Waals surface area contributed by atoms with E-state index in [4.69, 9.17) is 10.5 Å². The molecule has 3 saturated heterocycles. The van der Waals surface area contributed by atoms with E-state index in [1.165, 1.54) is 25.9 Å². The summed E-state index contributed by atoms with van der Waals surface area (Å²) in [5.74, 6) is 1.74. The average Bonchev–Trinajstić information content (AvgIpc) is 3.17. The van der Waals surface area contributed by atoms with E-state index in [0.29, 0.717) is 11.9 Å². The fourth-order valence-electron chi connectivity index (χ4n) is 4.29. The van der Waals surface area contributed by atoms with Gasteiger partial charge >= 0.3 is 0 Å². The quantitative estimate of drug-likeness (QED) is 0.867. The van der Waals surface area contributed by atoms with Gasteiger partial charge in [-0.2, -0.15) is 4.98 Å². The number of nitrogens with zero attached hydrogens (tertiary/aromatic N) is 5. The van der Waals surface area contributed by atoms with Crippen LogP contribution in [0.2, 0.25) is 0 Å². The Hall–Kier alpha value is -1.44. The number of piperidine rings is 1. The topological polar surface area (TPSA) is 70.8 Å². The zero-order valence-electron chi connectivity index (χ0n) is 15.2. The Balaban J connectivity index is 1.39. The number of hydrogen-bond donors (Lipinski definition) is 1. The molecule has 1 aromatic heterocycles. The van der Waals surface area contributed by atoms with Crippen LogP contribution in [0.4, 0.5) is 11.8 Å². The molecule has 0 spiro atoms. The third-order valence-corrected chi connectivity index (χ3v) is 5.94. The van der Waals surface area contributed by atoms with Crippen LogP contribution in [-0.4, -0.2) is 85.3 Å². The highest BCUT2D eigenvalue weighted by Gasteiger charge is 2.28. The second-order valence-electron chi connectivity index (χ2n) is 7.63. The van der Waals surface area contributed by atoms with E-state index in [1.807, 2.05) is 0 Å². The van der Waals surface area contributed by atoms with E-state index in [0.717, 1.165) is 63.4 Å². The second-order valence-corrected chi connectivity index (χ2v) is 7.63. The molecule has 3 aliphatic heterocycles. The molecule has 0 saturated carbocycles. The van der Waals surface area contributed by atoms with Gasteiger partial charge in [0.2, 0.25) is 5.95 Å². The van der Waals surface area contributed by atoms with Gasteiger partial charge in [0.25, 0.3) is 0 Å².